The fourth-order valence-electron chi connectivity index (χ4n) is 3.20. The topological polar surface area (TPSA) is 85.1 Å². The van der Waals surface area contributed by atoms with Crippen molar-refractivity contribution in [3.8, 4) is 10.6 Å². The number of nitrogens with zero attached hydrogens (tertiary/aromatic N) is 2. The summed E-state index contributed by atoms with van der Waals surface area (Å²) in [5.41, 5.74) is 2.80. The molecule has 7 heteroatoms. The number of Topliss-reactive ketones (excluding diaryl/α,β-unsaturated/α-hetero) is 1. The molecule has 1 amide bonds. The molecule has 0 atom stereocenters. The largest absolute Gasteiger partial charge is 0.455 e. The van der Waals surface area contributed by atoms with Crippen LogP contribution in [0.2, 0.25) is 0 Å². The van der Waals surface area contributed by atoms with Crippen LogP contribution < -0.4 is 5.32 Å². The molecule has 0 bridgehead atoms. The molecule has 1 aliphatic rings. The van der Waals surface area contributed by atoms with Crippen molar-refractivity contribution in [3.63, 3.8) is 0 Å². The number of carbonyl (C=O) groups is 2. The maximum Gasteiger partial charge on any atom is 0.293 e. The van der Waals surface area contributed by atoms with Crippen molar-refractivity contribution in [3.05, 3.63) is 52.7 Å². The van der Waals surface area contributed by atoms with E-state index in [1.165, 1.54) is 11.3 Å². The number of furan rings is 1. The Kier molecular flexibility index (Phi) is 4.16. The van der Waals surface area contributed by atoms with Gasteiger partial charge in [-0.05, 0) is 32.4 Å². The summed E-state index contributed by atoms with van der Waals surface area (Å²) in [5.74, 6) is 0.478. The summed E-state index contributed by atoms with van der Waals surface area (Å²) in [6.07, 6.45) is 3.68. The lowest BCUT2D eigenvalue weighted by Crippen LogP contribution is -2.13. The van der Waals surface area contributed by atoms with Gasteiger partial charge in [0.25, 0.3) is 5.91 Å². The minimum absolute atomic E-state index is 0.0501. The summed E-state index contributed by atoms with van der Waals surface area (Å²) < 4.78 is 5.69. The lowest BCUT2D eigenvalue weighted by Gasteiger charge is -2.07. The Bertz CT molecular complexity index is 1000. The summed E-state index contributed by atoms with van der Waals surface area (Å²) in [6, 6.07) is 5.67. The first-order valence-electron chi connectivity index (χ1n) is 8.40. The van der Waals surface area contributed by atoms with E-state index in [2.05, 4.69) is 15.3 Å². The van der Waals surface area contributed by atoms with Gasteiger partial charge in [-0.1, -0.05) is 17.4 Å². The van der Waals surface area contributed by atoms with E-state index in [0.29, 0.717) is 34.9 Å². The van der Waals surface area contributed by atoms with E-state index in [0.717, 1.165) is 22.7 Å². The van der Waals surface area contributed by atoms with Gasteiger partial charge in [0.1, 0.15) is 5.76 Å². The fourth-order valence-corrected chi connectivity index (χ4v) is 4.14. The molecule has 3 aromatic rings. The first-order valence-corrected chi connectivity index (χ1v) is 9.22. The zero-order valence-corrected chi connectivity index (χ0v) is 15.3. The van der Waals surface area contributed by atoms with Crippen molar-refractivity contribution < 1.29 is 14.0 Å². The van der Waals surface area contributed by atoms with Crippen molar-refractivity contribution in [1.29, 1.82) is 0 Å². The minimum atomic E-state index is -0.383. The van der Waals surface area contributed by atoms with Crippen LogP contribution in [0.25, 0.3) is 10.6 Å². The van der Waals surface area contributed by atoms with Gasteiger partial charge in [0.15, 0.2) is 16.7 Å². The average molecular weight is 367 g/mol. The zero-order valence-electron chi connectivity index (χ0n) is 14.5. The molecule has 26 heavy (non-hydrogen) atoms. The van der Waals surface area contributed by atoms with Crippen LogP contribution in [0, 0.1) is 13.8 Å². The molecule has 0 radical (unpaired) electrons. The van der Waals surface area contributed by atoms with E-state index in [-0.39, 0.29) is 17.5 Å². The number of fused-ring (bicyclic) bond motifs is 1. The fraction of sp³-hybridized carbons (Fsp3) is 0.263. The number of thiazole rings is 1. The van der Waals surface area contributed by atoms with Gasteiger partial charge < -0.3 is 4.42 Å². The summed E-state index contributed by atoms with van der Waals surface area (Å²) in [6.45, 7) is 3.64. The predicted molar refractivity (Wildman–Crippen MR) is 98.7 cm³/mol. The molecule has 4 rings (SSSR count). The molecule has 0 spiro atoms. The minimum Gasteiger partial charge on any atom is -0.455 e. The second kappa shape index (κ2) is 6.49. The Morgan fingerprint density at radius 2 is 2.12 bits per heavy atom. The molecule has 1 aliphatic carbocycles. The van der Waals surface area contributed by atoms with Gasteiger partial charge >= 0.3 is 0 Å². The number of rotatable bonds is 3. The number of carbonyl (C=O) groups excluding carboxylic acids is 2. The highest BCUT2D eigenvalue weighted by Gasteiger charge is 2.29. The molecule has 3 aromatic heterocycles. The van der Waals surface area contributed by atoms with Crippen LogP contribution in [0.3, 0.4) is 0 Å². The average Bonchev–Trinajstić information content (AvgIpc) is 3.16. The zero-order chi connectivity index (χ0) is 18.3. The first kappa shape index (κ1) is 16.7. The molecule has 6 nitrogen and oxygen atoms in total. The van der Waals surface area contributed by atoms with E-state index >= 15 is 0 Å². The van der Waals surface area contributed by atoms with Gasteiger partial charge in [0.2, 0.25) is 0 Å². The van der Waals surface area contributed by atoms with Gasteiger partial charge in [-0.3, -0.25) is 19.9 Å². The Morgan fingerprint density at radius 3 is 2.85 bits per heavy atom. The smallest absolute Gasteiger partial charge is 0.293 e. The quantitative estimate of drug-likeness (QED) is 0.750. The van der Waals surface area contributed by atoms with Crippen LogP contribution in [-0.4, -0.2) is 21.7 Å². The molecular formula is C19H17N3O3S. The maximum absolute atomic E-state index is 12.7. The van der Waals surface area contributed by atoms with E-state index in [1.54, 1.807) is 13.1 Å². The van der Waals surface area contributed by atoms with E-state index in [4.69, 9.17) is 4.42 Å². The number of aromatic nitrogens is 2. The Balaban J connectivity index is 1.61. The summed E-state index contributed by atoms with van der Waals surface area (Å²) in [7, 11) is 0. The number of aryl methyl sites for hydroxylation is 2. The third-order valence-corrected chi connectivity index (χ3v) is 5.52. The van der Waals surface area contributed by atoms with Crippen molar-refractivity contribution in [2.75, 3.05) is 5.32 Å². The molecule has 0 unspecified atom stereocenters. The highest BCUT2D eigenvalue weighted by molar-refractivity contribution is 7.19. The van der Waals surface area contributed by atoms with Crippen LogP contribution >= 0.6 is 11.3 Å². The molecule has 0 aliphatic heterocycles. The molecule has 132 valence electrons. The number of hydrogen-bond acceptors (Lipinski definition) is 6. The third-order valence-electron chi connectivity index (χ3n) is 4.43. The van der Waals surface area contributed by atoms with E-state index < -0.39 is 0 Å². The Morgan fingerprint density at radius 1 is 1.27 bits per heavy atom. The van der Waals surface area contributed by atoms with Crippen molar-refractivity contribution >= 4 is 28.2 Å². The summed E-state index contributed by atoms with van der Waals surface area (Å²) >= 11 is 1.36. The number of nitrogens with one attached hydrogen (secondary N) is 1. The number of anilines is 1. The molecule has 0 aromatic carbocycles. The van der Waals surface area contributed by atoms with E-state index in [9.17, 15) is 9.59 Å². The molecule has 3 heterocycles. The SMILES string of the molecule is Cc1nc(NC(=O)c2oc3c(c2C)C(=O)CCC3)sc1-c1ccccn1. The standard InChI is InChI=1S/C19H17N3O3S/c1-10-15-13(23)7-5-8-14(15)25-16(10)18(24)22-19-21-11(2)17(26-19)12-6-3-4-9-20-12/h3-4,6,9H,5,7-8H2,1-2H3,(H,21,22,24). The van der Waals surface area contributed by atoms with Gasteiger partial charge in [-0.15, -0.1) is 0 Å². The van der Waals surface area contributed by atoms with Crippen LogP contribution in [0.4, 0.5) is 5.13 Å². The molecular weight excluding hydrogens is 350 g/mol. The monoisotopic (exact) mass is 367 g/mol. The highest BCUT2D eigenvalue weighted by atomic mass is 32.1. The van der Waals surface area contributed by atoms with Gasteiger partial charge in [0, 0.05) is 24.6 Å². The third kappa shape index (κ3) is 2.84. The molecule has 1 N–H and O–H groups in total. The number of ketones is 1. The number of amides is 1. The first-order chi connectivity index (χ1) is 12.5. The Labute approximate surface area is 154 Å². The van der Waals surface area contributed by atoms with Gasteiger partial charge in [0.05, 0.1) is 21.8 Å². The van der Waals surface area contributed by atoms with Crippen LogP contribution in [0.15, 0.2) is 28.8 Å². The lowest BCUT2D eigenvalue weighted by atomic mass is 9.94. The molecule has 0 saturated carbocycles. The van der Waals surface area contributed by atoms with Crippen LogP contribution in [0.5, 0.6) is 0 Å². The van der Waals surface area contributed by atoms with Gasteiger partial charge in [-0.25, -0.2) is 4.98 Å². The molecule has 0 fully saturated rings. The highest BCUT2D eigenvalue weighted by Crippen LogP contribution is 2.33. The van der Waals surface area contributed by atoms with Crippen molar-refractivity contribution in [2.24, 2.45) is 0 Å². The predicted octanol–water partition coefficient (Wildman–Crippen LogP) is 4.19. The molecule has 0 saturated heterocycles. The number of hydrogen-bond donors (Lipinski definition) is 1. The van der Waals surface area contributed by atoms with Gasteiger partial charge in [-0.2, -0.15) is 0 Å². The van der Waals surface area contributed by atoms with Crippen LogP contribution in [0.1, 0.15) is 50.8 Å². The maximum atomic E-state index is 12.7. The summed E-state index contributed by atoms with van der Waals surface area (Å²) in [4.78, 5) is 34.4. The second-order valence-corrected chi connectivity index (χ2v) is 7.23. The van der Waals surface area contributed by atoms with E-state index in [1.807, 2.05) is 25.1 Å². The number of pyridine rings is 1. The van der Waals surface area contributed by atoms with Crippen molar-refractivity contribution in [2.45, 2.75) is 33.1 Å². The second-order valence-electron chi connectivity index (χ2n) is 6.23. The lowest BCUT2D eigenvalue weighted by molar-refractivity contribution is 0.0963. The normalized spacial score (nSPS) is 13.5. The van der Waals surface area contributed by atoms with Crippen LogP contribution in [-0.2, 0) is 6.42 Å². The summed E-state index contributed by atoms with van der Waals surface area (Å²) in [5, 5.41) is 3.27. The van der Waals surface area contributed by atoms with Crippen molar-refractivity contribution in [1.82, 2.24) is 9.97 Å². The Hall–Kier alpha value is -2.80.